The maximum Gasteiger partial charge on any atom is 0.220 e. The van der Waals surface area contributed by atoms with Crippen LogP contribution in [-0.2, 0) is 4.79 Å². The number of hydrogen-bond donors (Lipinski definition) is 3. The van der Waals surface area contributed by atoms with Crippen LogP contribution in [0.1, 0.15) is 206 Å². The van der Waals surface area contributed by atoms with Crippen molar-refractivity contribution >= 4 is 5.91 Å². The lowest BCUT2D eigenvalue weighted by molar-refractivity contribution is -0.123. The Morgan fingerprint density at radius 2 is 0.881 bits per heavy atom. The predicted octanol–water partition coefficient (Wildman–Crippen LogP) is 11.1. The van der Waals surface area contributed by atoms with Crippen LogP contribution in [-0.4, -0.2) is 34.9 Å². The van der Waals surface area contributed by atoms with Crippen molar-refractivity contribution in [3.63, 3.8) is 0 Å². The number of amides is 1. The van der Waals surface area contributed by atoms with Gasteiger partial charge in [0.15, 0.2) is 0 Å². The van der Waals surface area contributed by atoms with Crippen LogP contribution in [0.25, 0.3) is 0 Å². The summed E-state index contributed by atoms with van der Waals surface area (Å²) in [4.78, 5) is 12.3. The fourth-order valence-corrected chi connectivity index (χ4v) is 5.82. The molecule has 250 valence electrons. The zero-order valence-corrected chi connectivity index (χ0v) is 28.5. The molecule has 0 aliphatic rings. The molecule has 0 radical (unpaired) electrons. The molecule has 0 aromatic rings. The Kier molecular flexibility index (Phi) is 33.9. The van der Waals surface area contributed by atoms with Gasteiger partial charge in [-0.3, -0.25) is 4.79 Å². The van der Waals surface area contributed by atoms with Gasteiger partial charge in [-0.15, -0.1) is 0 Å². The normalized spacial score (nSPS) is 13.1. The van der Waals surface area contributed by atoms with E-state index in [-0.39, 0.29) is 12.5 Å². The van der Waals surface area contributed by atoms with Crippen LogP contribution >= 0.6 is 0 Å². The van der Waals surface area contributed by atoms with Gasteiger partial charge in [0.25, 0.3) is 0 Å². The molecule has 0 aliphatic carbocycles. The Morgan fingerprint density at radius 3 is 1.24 bits per heavy atom. The first kappa shape index (κ1) is 41.1. The molecule has 4 heteroatoms. The SMILES string of the molecule is CCCCCCCCCCCC=CC(O)C(CO)NC(=O)CCCCCCCCCCCCCCCCCCCCC. The molecule has 2 atom stereocenters. The highest BCUT2D eigenvalue weighted by atomic mass is 16.3. The summed E-state index contributed by atoms with van der Waals surface area (Å²) in [5.74, 6) is -0.0626. The van der Waals surface area contributed by atoms with Gasteiger partial charge in [-0.1, -0.05) is 193 Å². The van der Waals surface area contributed by atoms with Crippen LogP contribution in [0.2, 0.25) is 0 Å². The standard InChI is InChI=1S/C38H75NO3/c1-3-5-7-9-11-13-15-16-17-18-19-20-21-22-24-26-28-30-32-34-38(42)39-36(35-40)37(41)33-31-29-27-25-23-14-12-10-8-6-4-2/h31,33,36-37,40-41H,3-30,32,34-35H2,1-2H3,(H,39,42). The van der Waals surface area contributed by atoms with Crippen LogP contribution in [0.4, 0.5) is 0 Å². The van der Waals surface area contributed by atoms with E-state index in [1.54, 1.807) is 6.08 Å². The molecule has 42 heavy (non-hydrogen) atoms. The van der Waals surface area contributed by atoms with Crippen molar-refractivity contribution < 1.29 is 15.0 Å². The maximum absolute atomic E-state index is 12.3. The second-order valence-corrected chi connectivity index (χ2v) is 13.0. The fourth-order valence-electron chi connectivity index (χ4n) is 5.82. The van der Waals surface area contributed by atoms with E-state index in [0.29, 0.717) is 6.42 Å². The third-order valence-corrected chi connectivity index (χ3v) is 8.77. The first-order chi connectivity index (χ1) is 20.7. The van der Waals surface area contributed by atoms with Gasteiger partial charge in [0, 0.05) is 6.42 Å². The second kappa shape index (κ2) is 34.6. The van der Waals surface area contributed by atoms with Crippen molar-refractivity contribution in [2.75, 3.05) is 6.61 Å². The Hall–Kier alpha value is -0.870. The number of allylic oxidation sites excluding steroid dienone is 1. The van der Waals surface area contributed by atoms with E-state index in [9.17, 15) is 15.0 Å². The van der Waals surface area contributed by atoms with Crippen LogP contribution in [0.5, 0.6) is 0 Å². The van der Waals surface area contributed by atoms with Gasteiger partial charge in [-0.2, -0.15) is 0 Å². The molecule has 0 aromatic heterocycles. The number of aliphatic hydroxyl groups is 2. The van der Waals surface area contributed by atoms with Crippen molar-refractivity contribution in [1.29, 1.82) is 0 Å². The molecule has 0 heterocycles. The molecule has 1 amide bonds. The molecule has 0 aliphatic heterocycles. The fraction of sp³-hybridized carbons (Fsp3) is 0.921. The minimum atomic E-state index is -0.831. The van der Waals surface area contributed by atoms with Crippen molar-refractivity contribution in [2.24, 2.45) is 0 Å². The number of nitrogens with one attached hydrogen (secondary N) is 1. The highest BCUT2D eigenvalue weighted by molar-refractivity contribution is 5.76. The summed E-state index contributed by atoms with van der Waals surface area (Å²) in [6.07, 6.45) is 41.6. The van der Waals surface area contributed by atoms with Crippen LogP contribution < -0.4 is 5.32 Å². The van der Waals surface area contributed by atoms with Crippen LogP contribution in [0.15, 0.2) is 12.2 Å². The number of hydrogen-bond acceptors (Lipinski definition) is 3. The van der Waals surface area contributed by atoms with Gasteiger partial charge in [-0.25, -0.2) is 0 Å². The van der Waals surface area contributed by atoms with E-state index >= 15 is 0 Å². The molecular formula is C38H75NO3. The van der Waals surface area contributed by atoms with E-state index in [1.165, 1.54) is 161 Å². The molecule has 0 saturated carbocycles. The van der Waals surface area contributed by atoms with Crippen LogP contribution in [0.3, 0.4) is 0 Å². The molecule has 0 rings (SSSR count). The third kappa shape index (κ3) is 30.6. The average molecular weight is 594 g/mol. The monoisotopic (exact) mass is 594 g/mol. The van der Waals surface area contributed by atoms with Gasteiger partial charge in [-0.05, 0) is 19.3 Å². The first-order valence-electron chi connectivity index (χ1n) is 18.9. The number of unbranched alkanes of at least 4 members (excludes halogenated alkanes) is 27. The van der Waals surface area contributed by atoms with Gasteiger partial charge >= 0.3 is 0 Å². The zero-order chi connectivity index (χ0) is 30.8. The summed E-state index contributed by atoms with van der Waals surface area (Å²) in [6, 6.07) is -0.614. The quantitative estimate of drug-likeness (QED) is 0.0513. The summed E-state index contributed by atoms with van der Waals surface area (Å²) in [7, 11) is 0. The van der Waals surface area contributed by atoms with Crippen molar-refractivity contribution in [1.82, 2.24) is 5.32 Å². The topological polar surface area (TPSA) is 69.6 Å². The highest BCUT2D eigenvalue weighted by Crippen LogP contribution is 2.15. The predicted molar refractivity (Wildman–Crippen MR) is 184 cm³/mol. The zero-order valence-electron chi connectivity index (χ0n) is 28.5. The average Bonchev–Trinajstić information content (AvgIpc) is 2.99. The van der Waals surface area contributed by atoms with Crippen molar-refractivity contribution in [3.05, 3.63) is 12.2 Å². The number of carbonyl (C=O) groups is 1. The van der Waals surface area contributed by atoms with E-state index < -0.39 is 12.1 Å². The van der Waals surface area contributed by atoms with Crippen molar-refractivity contribution in [3.8, 4) is 0 Å². The van der Waals surface area contributed by atoms with Gasteiger partial charge in [0.05, 0.1) is 18.8 Å². The molecule has 0 spiro atoms. The van der Waals surface area contributed by atoms with E-state index in [1.807, 2.05) is 6.08 Å². The summed E-state index contributed by atoms with van der Waals surface area (Å²) in [5.41, 5.74) is 0. The summed E-state index contributed by atoms with van der Waals surface area (Å²) < 4.78 is 0. The summed E-state index contributed by atoms with van der Waals surface area (Å²) in [5, 5.41) is 22.8. The molecular weight excluding hydrogens is 518 g/mol. The number of aliphatic hydroxyl groups excluding tert-OH is 2. The molecule has 0 aromatic carbocycles. The molecule has 2 unspecified atom stereocenters. The molecule has 0 fully saturated rings. The Labute approximate surface area is 263 Å². The second-order valence-electron chi connectivity index (χ2n) is 13.0. The molecule has 0 saturated heterocycles. The van der Waals surface area contributed by atoms with Crippen LogP contribution in [0, 0.1) is 0 Å². The molecule has 0 bridgehead atoms. The van der Waals surface area contributed by atoms with E-state index in [0.717, 1.165) is 25.7 Å². The minimum absolute atomic E-state index is 0.0626. The number of rotatable bonds is 34. The molecule has 4 nitrogen and oxygen atoms in total. The van der Waals surface area contributed by atoms with Gasteiger partial charge in [0.1, 0.15) is 0 Å². The third-order valence-electron chi connectivity index (χ3n) is 8.77. The Bertz CT molecular complexity index is 565. The summed E-state index contributed by atoms with van der Waals surface area (Å²) in [6.45, 7) is 4.30. The highest BCUT2D eigenvalue weighted by Gasteiger charge is 2.17. The first-order valence-corrected chi connectivity index (χ1v) is 18.9. The number of carbonyl (C=O) groups excluding carboxylic acids is 1. The Balaban J connectivity index is 3.54. The van der Waals surface area contributed by atoms with E-state index in [2.05, 4.69) is 19.2 Å². The lowest BCUT2D eigenvalue weighted by Gasteiger charge is -2.20. The van der Waals surface area contributed by atoms with Gasteiger partial charge in [0.2, 0.25) is 5.91 Å². The largest absolute Gasteiger partial charge is 0.394 e. The van der Waals surface area contributed by atoms with Crippen molar-refractivity contribution in [2.45, 2.75) is 219 Å². The summed E-state index contributed by atoms with van der Waals surface area (Å²) >= 11 is 0. The lowest BCUT2D eigenvalue weighted by Crippen LogP contribution is -2.45. The molecule has 3 N–H and O–H groups in total. The maximum atomic E-state index is 12.3. The lowest BCUT2D eigenvalue weighted by atomic mass is 10.0. The Morgan fingerprint density at radius 1 is 0.548 bits per heavy atom. The van der Waals surface area contributed by atoms with Gasteiger partial charge < -0.3 is 15.5 Å². The minimum Gasteiger partial charge on any atom is -0.394 e. The van der Waals surface area contributed by atoms with E-state index in [4.69, 9.17) is 0 Å². The smallest absolute Gasteiger partial charge is 0.220 e.